The van der Waals surface area contributed by atoms with Gasteiger partial charge in [0, 0.05) is 23.8 Å². The minimum atomic E-state index is 0.0437. The van der Waals surface area contributed by atoms with Gasteiger partial charge in [-0.3, -0.25) is 9.59 Å². The number of aromatic nitrogens is 2. The van der Waals surface area contributed by atoms with Crippen LogP contribution in [0.3, 0.4) is 0 Å². The first-order valence-corrected chi connectivity index (χ1v) is 10.2. The molecule has 25 heavy (non-hydrogen) atoms. The Morgan fingerprint density at radius 3 is 2.64 bits per heavy atom. The maximum atomic E-state index is 12.8. The highest BCUT2D eigenvalue weighted by molar-refractivity contribution is 7.16. The fraction of sp³-hybridized carbons (Fsp3) is 0.529. The number of hydrogen-bond donors (Lipinski definition) is 1. The van der Waals surface area contributed by atoms with Crippen LogP contribution in [0.5, 0.6) is 0 Å². The standard InChI is InChI=1S/C17H20N4O2S2/c1-9-14(24-10(2)18-9)16(23)21-7-6-12-13(8-21)25-17(19-12)20-15(22)11-4-3-5-11/h11H,3-8H2,1-2H3,(H,19,20,22). The molecule has 132 valence electrons. The van der Waals surface area contributed by atoms with Gasteiger partial charge >= 0.3 is 0 Å². The van der Waals surface area contributed by atoms with E-state index in [0.29, 0.717) is 18.2 Å². The predicted octanol–water partition coefficient (Wildman–Crippen LogP) is 3.15. The molecule has 1 saturated carbocycles. The van der Waals surface area contributed by atoms with Crippen molar-refractivity contribution in [2.75, 3.05) is 11.9 Å². The Balaban J connectivity index is 1.46. The third kappa shape index (κ3) is 3.20. The Bertz CT molecular complexity index is 838. The normalized spacial score (nSPS) is 17.1. The third-order valence-electron chi connectivity index (χ3n) is 4.82. The van der Waals surface area contributed by atoms with Crippen LogP contribution in [0.1, 0.15) is 50.2 Å². The van der Waals surface area contributed by atoms with E-state index in [1.165, 1.54) is 22.7 Å². The molecule has 3 heterocycles. The SMILES string of the molecule is Cc1nc(C)c(C(=O)N2CCc3nc(NC(=O)C4CCC4)sc3C2)s1. The van der Waals surface area contributed by atoms with Gasteiger partial charge in [0.1, 0.15) is 4.88 Å². The molecule has 0 saturated heterocycles. The van der Waals surface area contributed by atoms with Gasteiger partial charge in [0.15, 0.2) is 5.13 Å². The zero-order chi connectivity index (χ0) is 17.6. The minimum Gasteiger partial charge on any atom is -0.332 e. The Labute approximate surface area is 154 Å². The summed E-state index contributed by atoms with van der Waals surface area (Å²) in [6.07, 6.45) is 3.83. The van der Waals surface area contributed by atoms with Crippen LogP contribution in [0, 0.1) is 19.8 Å². The topological polar surface area (TPSA) is 75.2 Å². The molecule has 2 aromatic rings. The van der Waals surface area contributed by atoms with Gasteiger partial charge in [-0.1, -0.05) is 17.8 Å². The van der Waals surface area contributed by atoms with Gasteiger partial charge in [-0.05, 0) is 26.7 Å². The fourth-order valence-electron chi connectivity index (χ4n) is 3.17. The van der Waals surface area contributed by atoms with E-state index >= 15 is 0 Å². The molecule has 0 spiro atoms. The van der Waals surface area contributed by atoms with Crippen molar-refractivity contribution in [2.24, 2.45) is 5.92 Å². The summed E-state index contributed by atoms with van der Waals surface area (Å²) in [5, 5.41) is 4.53. The van der Waals surface area contributed by atoms with Crippen molar-refractivity contribution in [3.05, 3.63) is 26.1 Å². The molecule has 0 atom stereocenters. The number of nitrogens with one attached hydrogen (secondary N) is 1. The molecule has 1 fully saturated rings. The predicted molar refractivity (Wildman–Crippen MR) is 98.1 cm³/mol. The van der Waals surface area contributed by atoms with Gasteiger partial charge in [-0.25, -0.2) is 9.97 Å². The van der Waals surface area contributed by atoms with E-state index in [4.69, 9.17) is 0 Å². The smallest absolute Gasteiger partial charge is 0.266 e. The van der Waals surface area contributed by atoms with Crippen molar-refractivity contribution in [3.8, 4) is 0 Å². The molecule has 0 radical (unpaired) electrons. The van der Waals surface area contributed by atoms with Gasteiger partial charge < -0.3 is 10.2 Å². The number of amides is 2. The Morgan fingerprint density at radius 1 is 1.20 bits per heavy atom. The van der Waals surface area contributed by atoms with Crippen LogP contribution in [0.25, 0.3) is 0 Å². The highest BCUT2D eigenvalue weighted by atomic mass is 32.1. The molecule has 0 aromatic carbocycles. The third-order valence-corrected chi connectivity index (χ3v) is 6.88. The van der Waals surface area contributed by atoms with Crippen molar-refractivity contribution >= 4 is 39.6 Å². The lowest BCUT2D eigenvalue weighted by Crippen LogP contribution is -2.35. The molecule has 1 aliphatic carbocycles. The highest BCUT2D eigenvalue weighted by Crippen LogP contribution is 2.32. The van der Waals surface area contributed by atoms with E-state index in [1.807, 2.05) is 18.7 Å². The van der Waals surface area contributed by atoms with Crippen molar-refractivity contribution in [3.63, 3.8) is 0 Å². The second-order valence-electron chi connectivity index (χ2n) is 6.63. The molecule has 0 unspecified atom stereocenters. The van der Waals surface area contributed by atoms with Gasteiger partial charge in [0.2, 0.25) is 5.91 Å². The summed E-state index contributed by atoms with van der Waals surface area (Å²) >= 11 is 2.94. The summed E-state index contributed by atoms with van der Waals surface area (Å²) in [5.41, 5.74) is 1.81. The van der Waals surface area contributed by atoms with Crippen LogP contribution in [-0.2, 0) is 17.8 Å². The summed E-state index contributed by atoms with van der Waals surface area (Å²) in [6.45, 7) is 5.01. The first kappa shape index (κ1) is 16.7. The second-order valence-corrected chi connectivity index (χ2v) is 8.92. The van der Waals surface area contributed by atoms with Crippen molar-refractivity contribution in [2.45, 2.75) is 46.1 Å². The molecule has 8 heteroatoms. The summed E-state index contributed by atoms with van der Waals surface area (Å²) in [4.78, 5) is 37.4. The summed E-state index contributed by atoms with van der Waals surface area (Å²) < 4.78 is 0. The number of rotatable bonds is 3. The summed E-state index contributed by atoms with van der Waals surface area (Å²) in [5.74, 6) is 0.278. The highest BCUT2D eigenvalue weighted by Gasteiger charge is 2.29. The lowest BCUT2D eigenvalue weighted by Gasteiger charge is -2.25. The average Bonchev–Trinajstić information content (AvgIpc) is 3.05. The molecule has 0 bridgehead atoms. The number of anilines is 1. The Hall–Kier alpha value is -1.80. The summed E-state index contributed by atoms with van der Waals surface area (Å²) in [7, 11) is 0. The van der Waals surface area contributed by atoms with Crippen molar-refractivity contribution < 1.29 is 9.59 Å². The van der Waals surface area contributed by atoms with E-state index in [1.54, 1.807) is 0 Å². The quantitative estimate of drug-likeness (QED) is 0.893. The largest absolute Gasteiger partial charge is 0.332 e. The zero-order valence-electron chi connectivity index (χ0n) is 14.3. The minimum absolute atomic E-state index is 0.0437. The number of fused-ring (bicyclic) bond motifs is 1. The van der Waals surface area contributed by atoms with E-state index < -0.39 is 0 Å². The number of aryl methyl sites for hydroxylation is 2. The van der Waals surface area contributed by atoms with Crippen LogP contribution in [0.15, 0.2) is 0 Å². The van der Waals surface area contributed by atoms with Gasteiger partial charge in [0.05, 0.1) is 22.9 Å². The van der Waals surface area contributed by atoms with Crippen LogP contribution in [0.2, 0.25) is 0 Å². The molecular formula is C17H20N4O2S2. The maximum absolute atomic E-state index is 12.8. The molecule has 2 aromatic heterocycles. The van der Waals surface area contributed by atoms with Gasteiger partial charge in [-0.15, -0.1) is 11.3 Å². The monoisotopic (exact) mass is 376 g/mol. The van der Waals surface area contributed by atoms with Gasteiger partial charge in [-0.2, -0.15) is 0 Å². The number of carbonyl (C=O) groups is 2. The van der Waals surface area contributed by atoms with Crippen LogP contribution < -0.4 is 5.32 Å². The molecule has 2 amide bonds. The molecular weight excluding hydrogens is 356 g/mol. The van der Waals surface area contributed by atoms with E-state index in [2.05, 4.69) is 15.3 Å². The van der Waals surface area contributed by atoms with E-state index in [-0.39, 0.29) is 17.7 Å². The molecule has 1 N–H and O–H groups in total. The molecule has 1 aliphatic heterocycles. The number of thiazole rings is 2. The molecule has 2 aliphatic rings. The first-order chi connectivity index (χ1) is 12.0. The zero-order valence-corrected chi connectivity index (χ0v) is 15.9. The number of carbonyl (C=O) groups excluding carboxylic acids is 2. The second kappa shape index (κ2) is 6.49. The first-order valence-electron chi connectivity index (χ1n) is 8.54. The Morgan fingerprint density at radius 2 is 2.00 bits per heavy atom. The van der Waals surface area contributed by atoms with Crippen LogP contribution in [0.4, 0.5) is 5.13 Å². The number of nitrogens with zero attached hydrogens (tertiary/aromatic N) is 3. The lowest BCUT2D eigenvalue weighted by molar-refractivity contribution is -0.122. The lowest BCUT2D eigenvalue weighted by atomic mass is 9.85. The van der Waals surface area contributed by atoms with Crippen LogP contribution in [-0.4, -0.2) is 33.2 Å². The fourth-order valence-corrected chi connectivity index (χ4v) is 5.09. The maximum Gasteiger partial charge on any atom is 0.266 e. The molecule has 6 nitrogen and oxygen atoms in total. The average molecular weight is 377 g/mol. The van der Waals surface area contributed by atoms with Crippen molar-refractivity contribution in [1.29, 1.82) is 0 Å². The van der Waals surface area contributed by atoms with Crippen molar-refractivity contribution in [1.82, 2.24) is 14.9 Å². The van der Waals surface area contributed by atoms with Crippen LogP contribution >= 0.6 is 22.7 Å². The molecule has 4 rings (SSSR count). The summed E-state index contributed by atoms with van der Waals surface area (Å²) in [6, 6.07) is 0. The van der Waals surface area contributed by atoms with E-state index in [0.717, 1.165) is 51.8 Å². The Kier molecular flexibility index (Phi) is 4.33. The number of hydrogen-bond acceptors (Lipinski definition) is 6. The van der Waals surface area contributed by atoms with E-state index in [9.17, 15) is 9.59 Å². The van der Waals surface area contributed by atoms with Gasteiger partial charge in [0.25, 0.3) is 5.91 Å².